The van der Waals surface area contributed by atoms with Crippen molar-refractivity contribution in [2.45, 2.75) is 25.0 Å². The Morgan fingerprint density at radius 2 is 1.52 bits per heavy atom. The van der Waals surface area contributed by atoms with Crippen LogP contribution >= 0.6 is 13.5 Å². The smallest absolute Gasteiger partial charge is 0.347 e. The van der Waals surface area contributed by atoms with Gasteiger partial charge in [0.2, 0.25) is 5.60 Å². The van der Waals surface area contributed by atoms with E-state index in [0.29, 0.717) is 5.56 Å². The first-order valence-electron chi connectivity index (χ1n) is 11.1. The van der Waals surface area contributed by atoms with Crippen molar-refractivity contribution in [3.8, 4) is 5.75 Å². The number of aliphatic hydroxyl groups is 1. The highest BCUT2D eigenvalue weighted by molar-refractivity contribution is 7.59. The van der Waals surface area contributed by atoms with Crippen molar-refractivity contribution in [3.05, 3.63) is 102 Å². The van der Waals surface area contributed by atoms with Crippen molar-refractivity contribution < 1.29 is 19.7 Å². The van der Waals surface area contributed by atoms with Crippen LogP contribution in [0.15, 0.2) is 84.9 Å². The molecule has 0 spiro atoms. The van der Waals surface area contributed by atoms with Crippen LogP contribution in [0.5, 0.6) is 5.75 Å². The second-order valence-electron chi connectivity index (χ2n) is 8.43. The highest BCUT2D eigenvalue weighted by atomic mass is 32.1. The van der Waals surface area contributed by atoms with Gasteiger partial charge in [-0.3, -0.25) is 4.90 Å². The SMILES string of the molecule is O=C(OCC1CCN(Cc2ccccc2)CC1)[C@](O)(c1ccccc1)c1cccc(O)c1.S. The van der Waals surface area contributed by atoms with Gasteiger partial charge in [-0.15, -0.1) is 0 Å². The van der Waals surface area contributed by atoms with Crippen LogP contribution in [-0.2, 0) is 21.7 Å². The summed E-state index contributed by atoms with van der Waals surface area (Å²) in [4.78, 5) is 15.6. The second-order valence-corrected chi connectivity index (χ2v) is 8.43. The fourth-order valence-corrected chi connectivity index (χ4v) is 4.26. The van der Waals surface area contributed by atoms with Crippen LogP contribution in [0.1, 0.15) is 29.5 Å². The topological polar surface area (TPSA) is 70.0 Å². The maximum Gasteiger partial charge on any atom is 0.347 e. The van der Waals surface area contributed by atoms with E-state index in [1.165, 1.54) is 17.7 Å². The first kappa shape index (κ1) is 24.8. The van der Waals surface area contributed by atoms with Crippen LogP contribution in [0.4, 0.5) is 0 Å². The molecule has 1 saturated heterocycles. The summed E-state index contributed by atoms with van der Waals surface area (Å²) < 4.78 is 5.66. The Hall–Kier alpha value is -2.80. The lowest BCUT2D eigenvalue weighted by Crippen LogP contribution is -2.40. The summed E-state index contributed by atoms with van der Waals surface area (Å²) in [6.45, 7) is 3.10. The molecule has 5 nitrogen and oxygen atoms in total. The van der Waals surface area contributed by atoms with Crippen molar-refractivity contribution in [1.82, 2.24) is 4.90 Å². The summed E-state index contributed by atoms with van der Waals surface area (Å²) in [5.41, 5.74) is 0.0182. The molecule has 4 rings (SSSR count). The molecule has 1 fully saturated rings. The minimum absolute atomic E-state index is 0. The van der Waals surface area contributed by atoms with Crippen LogP contribution in [0.25, 0.3) is 0 Å². The van der Waals surface area contributed by atoms with Gasteiger partial charge in [0.1, 0.15) is 5.75 Å². The number of rotatable bonds is 7. The van der Waals surface area contributed by atoms with Gasteiger partial charge in [-0.05, 0) is 55.1 Å². The lowest BCUT2D eigenvalue weighted by Gasteiger charge is -2.33. The maximum atomic E-state index is 13.2. The number of benzene rings is 3. The first-order chi connectivity index (χ1) is 15.6. The van der Waals surface area contributed by atoms with Gasteiger partial charge in [0.15, 0.2) is 0 Å². The molecule has 174 valence electrons. The highest BCUT2D eigenvalue weighted by Crippen LogP contribution is 2.33. The molecule has 0 aromatic heterocycles. The fourth-order valence-electron chi connectivity index (χ4n) is 4.26. The Kier molecular flexibility index (Phi) is 8.55. The second kappa shape index (κ2) is 11.4. The molecule has 3 aromatic carbocycles. The number of likely N-dealkylation sites (tertiary alicyclic amines) is 1. The highest BCUT2D eigenvalue weighted by Gasteiger charge is 2.42. The van der Waals surface area contributed by atoms with E-state index in [2.05, 4.69) is 29.2 Å². The van der Waals surface area contributed by atoms with E-state index in [0.717, 1.165) is 32.5 Å². The van der Waals surface area contributed by atoms with Gasteiger partial charge in [0.25, 0.3) is 0 Å². The minimum Gasteiger partial charge on any atom is -0.508 e. The minimum atomic E-state index is -1.98. The Morgan fingerprint density at radius 1 is 0.909 bits per heavy atom. The molecule has 0 amide bonds. The van der Waals surface area contributed by atoms with E-state index in [1.54, 1.807) is 36.4 Å². The van der Waals surface area contributed by atoms with E-state index in [-0.39, 0.29) is 37.3 Å². The quantitative estimate of drug-likeness (QED) is 0.512. The zero-order valence-electron chi connectivity index (χ0n) is 18.6. The monoisotopic (exact) mass is 465 g/mol. The molecule has 0 aliphatic carbocycles. The van der Waals surface area contributed by atoms with E-state index in [9.17, 15) is 15.0 Å². The number of hydrogen-bond acceptors (Lipinski definition) is 5. The molecule has 0 bridgehead atoms. The number of nitrogens with zero attached hydrogens (tertiary/aromatic N) is 1. The molecule has 2 N–H and O–H groups in total. The Labute approximate surface area is 202 Å². The van der Waals surface area contributed by atoms with Gasteiger partial charge >= 0.3 is 5.97 Å². The zero-order valence-corrected chi connectivity index (χ0v) is 19.6. The summed E-state index contributed by atoms with van der Waals surface area (Å²) in [6, 6.07) is 25.3. The Balaban J connectivity index is 0.00000306. The summed E-state index contributed by atoms with van der Waals surface area (Å²) in [6.07, 6.45) is 1.88. The Bertz CT molecular complexity index is 1020. The third-order valence-electron chi connectivity index (χ3n) is 6.16. The molecule has 33 heavy (non-hydrogen) atoms. The third-order valence-corrected chi connectivity index (χ3v) is 6.16. The summed E-state index contributed by atoms with van der Waals surface area (Å²) in [7, 11) is 0. The molecule has 6 heteroatoms. The van der Waals surface area contributed by atoms with Gasteiger partial charge in [-0.25, -0.2) is 4.79 Å². The standard InChI is InChI=1S/C27H29NO4.H2S/c29-25-13-7-12-24(18-25)27(31,23-10-5-2-6-11-23)26(30)32-20-22-14-16-28(17-15-22)19-21-8-3-1-4-9-21;/h1-13,18,22,29,31H,14-17,19-20H2;1H2/t27-;/m0./s1. The predicted octanol–water partition coefficient (Wildman–Crippen LogP) is 4.20. The number of aromatic hydroxyl groups is 1. The Morgan fingerprint density at radius 3 is 2.15 bits per heavy atom. The molecule has 1 heterocycles. The van der Waals surface area contributed by atoms with Gasteiger partial charge in [0.05, 0.1) is 6.61 Å². The summed E-state index contributed by atoms with van der Waals surface area (Å²) in [5, 5.41) is 21.4. The number of carbonyl (C=O) groups is 1. The summed E-state index contributed by atoms with van der Waals surface area (Å²) in [5.74, 6) is -0.480. The van der Waals surface area contributed by atoms with Crippen LogP contribution in [0, 0.1) is 5.92 Å². The number of phenolic OH excluding ortho intramolecular Hbond substituents is 1. The van der Waals surface area contributed by atoms with Gasteiger partial charge < -0.3 is 14.9 Å². The molecule has 3 aromatic rings. The van der Waals surface area contributed by atoms with E-state index in [4.69, 9.17) is 4.74 Å². The normalized spacial score (nSPS) is 16.4. The zero-order chi connectivity index (χ0) is 22.4. The number of phenols is 1. The molecule has 0 unspecified atom stereocenters. The predicted molar refractivity (Wildman–Crippen MR) is 133 cm³/mol. The molecule has 0 radical (unpaired) electrons. The van der Waals surface area contributed by atoms with Gasteiger partial charge in [-0.2, -0.15) is 13.5 Å². The van der Waals surface area contributed by atoms with E-state index in [1.807, 2.05) is 12.1 Å². The van der Waals surface area contributed by atoms with Crippen molar-refractivity contribution >= 4 is 19.5 Å². The van der Waals surface area contributed by atoms with Crippen molar-refractivity contribution in [3.63, 3.8) is 0 Å². The van der Waals surface area contributed by atoms with E-state index < -0.39 is 11.6 Å². The molecule has 0 saturated carbocycles. The maximum absolute atomic E-state index is 13.2. The lowest BCUT2D eigenvalue weighted by atomic mass is 9.86. The van der Waals surface area contributed by atoms with Crippen molar-refractivity contribution in [2.24, 2.45) is 5.92 Å². The fraction of sp³-hybridized carbons (Fsp3) is 0.296. The van der Waals surface area contributed by atoms with Crippen LogP contribution in [-0.4, -0.2) is 40.8 Å². The summed E-state index contributed by atoms with van der Waals surface area (Å²) >= 11 is 0. The average Bonchev–Trinajstić information content (AvgIpc) is 2.84. The van der Waals surface area contributed by atoms with Crippen LogP contribution < -0.4 is 0 Å². The van der Waals surface area contributed by atoms with Crippen molar-refractivity contribution in [1.29, 1.82) is 0 Å². The molecule has 1 aliphatic heterocycles. The van der Waals surface area contributed by atoms with Gasteiger partial charge in [-0.1, -0.05) is 72.8 Å². The van der Waals surface area contributed by atoms with Crippen LogP contribution in [0.2, 0.25) is 0 Å². The first-order valence-corrected chi connectivity index (χ1v) is 11.1. The average molecular weight is 466 g/mol. The number of piperidine rings is 1. The largest absolute Gasteiger partial charge is 0.508 e. The molecular weight excluding hydrogens is 434 g/mol. The lowest BCUT2D eigenvalue weighted by molar-refractivity contribution is -0.164. The van der Waals surface area contributed by atoms with E-state index >= 15 is 0 Å². The molecule has 1 atom stereocenters. The third kappa shape index (κ3) is 5.96. The number of ether oxygens (including phenoxy) is 1. The number of esters is 1. The molecular formula is C27H31NO4S. The van der Waals surface area contributed by atoms with Crippen LogP contribution in [0.3, 0.4) is 0 Å². The number of carbonyl (C=O) groups excluding carboxylic acids is 1. The van der Waals surface area contributed by atoms with Crippen molar-refractivity contribution in [2.75, 3.05) is 19.7 Å². The van der Waals surface area contributed by atoms with Gasteiger partial charge in [0, 0.05) is 12.1 Å². The molecule has 1 aliphatic rings. The number of hydrogen-bond donors (Lipinski definition) is 2.